The molecular weight excluding hydrogens is 475 g/mol. The van der Waals surface area contributed by atoms with Crippen molar-refractivity contribution in [3.05, 3.63) is 52.0 Å². The Labute approximate surface area is 198 Å². The standard InChI is InChI=1S/C21H22Cl2N5O.Zn/c1-12-6-8-14(9-7-12)25-20(29)13-10-17-19(24-11-13)28(2)21(26-17)27-18-15(22)4-3-5-16(18)23;/h3-5,10-11,14H,6-9H2,1-2H3,(H,25,29)(H,26,27);/q-1;. The molecule has 1 fully saturated rings. The van der Waals surface area contributed by atoms with Crippen molar-refractivity contribution in [1.29, 1.82) is 0 Å². The summed E-state index contributed by atoms with van der Waals surface area (Å²) in [6, 6.07) is 7.26. The number of hydrogen-bond acceptors (Lipinski definition) is 4. The van der Waals surface area contributed by atoms with Crippen molar-refractivity contribution in [1.82, 2.24) is 19.9 Å². The number of hydrogen-bond donors (Lipinski definition) is 2. The number of rotatable bonds is 4. The fourth-order valence-corrected chi connectivity index (χ4v) is 4.06. The average molecular weight is 497 g/mol. The number of pyridine rings is 1. The summed E-state index contributed by atoms with van der Waals surface area (Å²) in [4.78, 5) is 21.7. The third-order valence-electron chi connectivity index (χ3n) is 5.35. The smallest absolute Gasteiger partial charge is 0.253 e. The van der Waals surface area contributed by atoms with E-state index in [9.17, 15) is 4.79 Å². The Morgan fingerprint density at radius 1 is 1.23 bits per heavy atom. The number of fused-ring (bicyclic) bond motifs is 1. The molecular formula is C21H22Cl2N5OZn-. The van der Waals surface area contributed by atoms with Crippen LogP contribution in [0.1, 0.15) is 43.0 Å². The second kappa shape index (κ2) is 9.63. The van der Waals surface area contributed by atoms with Crippen LogP contribution in [-0.4, -0.2) is 26.5 Å². The van der Waals surface area contributed by atoms with E-state index in [-0.39, 0.29) is 31.4 Å². The number of amides is 1. The number of carbonyl (C=O) groups is 1. The van der Waals surface area contributed by atoms with Gasteiger partial charge in [0.2, 0.25) is 5.95 Å². The van der Waals surface area contributed by atoms with Crippen LogP contribution in [-0.2, 0) is 26.5 Å². The molecule has 0 radical (unpaired) electrons. The van der Waals surface area contributed by atoms with Gasteiger partial charge in [-0.05, 0) is 18.2 Å². The predicted octanol–water partition coefficient (Wildman–Crippen LogP) is 5.28. The molecule has 0 unspecified atom stereocenters. The van der Waals surface area contributed by atoms with Crippen molar-refractivity contribution in [2.24, 2.45) is 7.05 Å². The first kappa shape index (κ1) is 23.0. The van der Waals surface area contributed by atoms with Crippen molar-refractivity contribution >= 4 is 51.9 Å². The van der Waals surface area contributed by atoms with Gasteiger partial charge in [-0.15, -0.1) is 0 Å². The van der Waals surface area contributed by atoms with Crippen molar-refractivity contribution in [2.45, 2.75) is 38.6 Å². The molecule has 154 valence electrons. The Hall–Kier alpha value is -1.69. The quantitative estimate of drug-likeness (QED) is 0.381. The molecule has 3 aromatic rings. The van der Waals surface area contributed by atoms with E-state index in [1.165, 1.54) is 5.92 Å². The largest absolute Gasteiger partial charge is 0.349 e. The van der Waals surface area contributed by atoms with Crippen LogP contribution < -0.4 is 10.6 Å². The van der Waals surface area contributed by atoms with Gasteiger partial charge in [0.25, 0.3) is 5.91 Å². The number of benzene rings is 1. The van der Waals surface area contributed by atoms with Crippen LogP contribution in [0.5, 0.6) is 0 Å². The van der Waals surface area contributed by atoms with E-state index in [0.717, 1.165) is 25.7 Å². The molecule has 9 heteroatoms. The minimum absolute atomic E-state index is 0. The van der Waals surface area contributed by atoms with Gasteiger partial charge < -0.3 is 16.6 Å². The molecule has 0 aliphatic heterocycles. The fourth-order valence-electron chi connectivity index (χ4n) is 3.56. The van der Waals surface area contributed by atoms with E-state index in [0.29, 0.717) is 38.4 Å². The van der Waals surface area contributed by atoms with E-state index < -0.39 is 0 Å². The van der Waals surface area contributed by atoms with Gasteiger partial charge in [0.1, 0.15) is 5.52 Å². The summed E-state index contributed by atoms with van der Waals surface area (Å²) in [5.74, 6) is 1.93. The van der Waals surface area contributed by atoms with Crippen molar-refractivity contribution in [3.63, 3.8) is 0 Å². The molecule has 2 aromatic heterocycles. The Bertz CT molecular complexity index is 1040. The molecule has 1 aromatic carbocycles. The first-order valence-corrected chi connectivity index (χ1v) is 10.3. The van der Waals surface area contributed by atoms with E-state index in [2.05, 4.69) is 27.5 Å². The van der Waals surface area contributed by atoms with Crippen LogP contribution in [0.15, 0.2) is 30.5 Å². The monoisotopic (exact) mass is 494 g/mol. The molecule has 30 heavy (non-hydrogen) atoms. The summed E-state index contributed by atoms with van der Waals surface area (Å²) in [5, 5.41) is 7.28. The van der Waals surface area contributed by atoms with Crippen molar-refractivity contribution < 1.29 is 24.3 Å². The maximum atomic E-state index is 12.7. The van der Waals surface area contributed by atoms with Crippen LogP contribution in [0.2, 0.25) is 10.0 Å². The molecule has 0 saturated heterocycles. The molecule has 4 rings (SSSR count). The summed E-state index contributed by atoms with van der Waals surface area (Å²) in [7, 11) is 1.84. The third-order valence-corrected chi connectivity index (χ3v) is 5.98. The van der Waals surface area contributed by atoms with Gasteiger partial charge in [-0.3, -0.25) is 9.36 Å². The molecule has 1 saturated carbocycles. The number of anilines is 2. The molecule has 1 aliphatic carbocycles. The van der Waals surface area contributed by atoms with Crippen LogP contribution >= 0.6 is 23.2 Å². The van der Waals surface area contributed by atoms with Gasteiger partial charge in [0.05, 0.1) is 21.3 Å². The summed E-state index contributed by atoms with van der Waals surface area (Å²) in [6.45, 7) is 2.18. The molecule has 0 atom stereocenters. The number of halogens is 2. The van der Waals surface area contributed by atoms with Gasteiger partial charge in [-0.1, -0.05) is 42.1 Å². The molecule has 1 aliphatic rings. The zero-order valence-corrected chi connectivity index (χ0v) is 21.5. The van der Waals surface area contributed by atoms with Gasteiger partial charge in [0, 0.05) is 38.8 Å². The Morgan fingerprint density at radius 2 is 1.90 bits per heavy atom. The van der Waals surface area contributed by atoms with Crippen LogP contribution in [0.3, 0.4) is 0 Å². The minimum Gasteiger partial charge on any atom is -0.349 e. The second-order valence-electron chi connectivity index (χ2n) is 7.49. The maximum Gasteiger partial charge on any atom is 0.253 e. The Balaban J connectivity index is 0.00000256. The van der Waals surface area contributed by atoms with E-state index in [1.807, 2.05) is 7.05 Å². The van der Waals surface area contributed by atoms with E-state index in [4.69, 9.17) is 23.2 Å². The molecule has 2 heterocycles. The normalized spacial score (nSPS) is 15.1. The second-order valence-corrected chi connectivity index (χ2v) is 8.30. The summed E-state index contributed by atoms with van der Waals surface area (Å²) < 4.78 is 1.80. The first-order valence-electron chi connectivity index (χ1n) is 9.58. The molecule has 6 nitrogen and oxygen atoms in total. The van der Waals surface area contributed by atoms with Gasteiger partial charge in [-0.25, -0.2) is 9.97 Å². The summed E-state index contributed by atoms with van der Waals surface area (Å²) in [5.41, 5.74) is 2.37. The summed E-state index contributed by atoms with van der Waals surface area (Å²) in [6.07, 6.45) is 5.71. The first-order chi connectivity index (χ1) is 13.9. The van der Waals surface area contributed by atoms with E-state index in [1.54, 1.807) is 35.0 Å². The number of nitrogens with one attached hydrogen (secondary N) is 2. The number of aromatic nitrogens is 3. The zero-order valence-electron chi connectivity index (χ0n) is 17.0. The van der Waals surface area contributed by atoms with Crippen molar-refractivity contribution in [2.75, 3.05) is 5.32 Å². The molecule has 1 amide bonds. The van der Waals surface area contributed by atoms with Crippen LogP contribution in [0.4, 0.5) is 11.6 Å². The van der Waals surface area contributed by atoms with Gasteiger partial charge in [0.15, 0.2) is 5.65 Å². The topological polar surface area (TPSA) is 71.8 Å². The molecule has 0 spiro atoms. The van der Waals surface area contributed by atoms with Gasteiger partial charge >= 0.3 is 0 Å². The molecule has 0 bridgehead atoms. The maximum absolute atomic E-state index is 12.7. The van der Waals surface area contributed by atoms with E-state index >= 15 is 0 Å². The van der Waals surface area contributed by atoms with Crippen LogP contribution in [0, 0.1) is 5.92 Å². The zero-order chi connectivity index (χ0) is 20.5. The number of imidazole rings is 1. The Kier molecular flexibility index (Phi) is 7.38. The van der Waals surface area contributed by atoms with Crippen molar-refractivity contribution in [3.8, 4) is 0 Å². The predicted molar refractivity (Wildman–Crippen MR) is 117 cm³/mol. The Morgan fingerprint density at radius 3 is 2.57 bits per heavy atom. The summed E-state index contributed by atoms with van der Waals surface area (Å²) >= 11 is 12.5. The number of nitrogens with zero attached hydrogens (tertiary/aromatic N) is 3. The number of carbonyl (C=O) groups excluding carboxylic acids is 1. The average Bonchev–Trinajstić information content (AvgIpc) is 3.01. The SMILES string of the molecule is C[C-]1CCC(NC(=O)c2cnc3c(c2)nc(Nc2c(Cl)cccc2Cl)n3C)CC1.[Zn]. The molecule has 2 N–H and O–H groups in total. The minimum atomic E-state index is -0.113. The number of aryl methyl sites for hydroxylation is 1. The van der Waals surface area contributed by atoms with Crippen LogP contribution in [0.25, 0.3) is 11.2 Å². The number of para-hydroxylation sites is 1. The fraction of sp³-hybridized carbons (Fsp3) is 0.333. The third kappa shape index (κ3) is 4.79. The van der Waals surface area contributed by atoms with Gasteiger partial charge in [-0.2, -0.15) is 19.8 Å².